The van der Waals surface area contributed by atoms with E-state index in [4.69, 9.17) is 0 Å². The molecule has 1 aliphatic carbocycles. The number of carbonyl (C=O) groups is 2. The third-order valence-electron chi connectivity index (χ3n) is 3.98. The molecule has 0 bridgehead atoms. The molecule has 0 atom stereocenters. The van der Waals surface area contributed by atoms with Crippen molar-refractivity contribution in [3.05, 3.63) is 22.4 Å². The fourth-order valence-electron chi connectivity index (χ4n) is 2.76. The normalized spacial score (nSPS) is 17.2. The second-order valence-electron chi connectivity index (χ2n) is 5.69. The lowest BCUT2D eigenvalue weighted by molar-refractivity contribution is -0.124. The molecule has 116 valence electrons. The van der Waals surface area contributed by atoms with Crippen LogP contribution in [0.3, 0.4) is 0 Å². The number of rotatable bonds is 5. The maximum absolute atomic E-state index is 12.1. The monoisotopic (exact) mass is 310 g/mol. The van der Waals surface area contributed by atoms with Gasteiger partial charge in [-0.15, -0.1) is 11.3 Å². The van der Waals surface area contributed by atoms with Crippen molar-refractivity contribution in [1.29, 1.82) is 0 Å². The molecule has 5 nitrogen and oxygen atoms in total. The van der Waals surface area contributed by atoms with Gasteiger partial charge in [0.05, 0.1) is 23.6 Å². The van der Waals surface area contributed by atoms with Crippen LogP contribution < -0.4 is 5.32 Å². The summed E-state index contributed by atoms with van der Waals surface area (Å²) in [5.41, 5.74) is -0.498. The Balaban J connectivity index is 1.90. The van der Waals surface area contributed by atoms with Gasteiger partial charge in [0.2, 0.25) is 5.91 Å². The van der Waals surface area contributed by atoms with Crippen molar-refractivity contribution < 1.29 is 14.7 Å². The SMILES string of the molecule is CN(CC(=O)NC1(CO)CCCCC1)C(=O)c1cccs1. The number of nitrogens with one attached hydrogen (secondary N) is 1. The maximum atomic E-state index is 12.1. The molecule has 0 spiro atoms. The van der Waals surface area contributed by atoms with Crippen molar-refractivity contribution in [3.8, 4) is 0 Å². The van der Waals surface area contributed by atoms with Gasteiger partial charge in [0.25, 0.3) is 5.91 Å². The highest BCUT2D eigenvalue weighted by Crippen LogP contribution is 2.27. The topological polar surface area (TPSA) is 69.6 Å². The zero-order valence-electron chi connectivity index (χ0n) is 12.3. The molecule has 0 aliphatic heterocycles. The number of carbonyl (C=O) groups excluding carboxylic acids is 2. The number of aliphatic hydroxyl groups excluding tert-OH is 1. The predicted molar refractivity (Wildman–Crippen MR) is 82.3 cm³/mol. The van der Waals surface area contributed by atoms with Crippen molar-refractivity contribution >= 4 is 23.2 Å². The molecule has 0 unspecified atom stereocenters. The third kappa shape index (κ3) is 4.04. The highest BCUT2D eigenvalue weighted by atomic mass is 32.1. The molecular weight excluding hydrogens is 288 g/mol. The largest absolute Gasteiger partial charge is 0.394 e. The second-order valence-corrected chi connectivity index (χ2v) is 6.63. The van der Waals surface area contributed by atoms with Crippen LogP contribution >= 0.6 is 11.3 Å². The minimum absolute atomic E-state index is 0.0124. The van der Waals surface area contributed by atoms with Crippen molar-refractivity contribution in [2.75, 3.05) is 20.2 Å². The van der Waals surface area contributed by atoms with Gasteiger partial charge in [-0.05, 0) is 24.3 Å². The minimum Gasteiger partial charge on any atom is -0.394 e. The van der Waals surface area contributed by atoms with E-state index in [-0.39, 0.29) is 25.0 Å². The van der Waals surface area contributed by atoms with Crippen LogP contribution in [0.1, 0.15) is 41.8 Å². The molecule has 6 heteroatoms. The van der Waals surface area contributed by atoms with Crippen LogP contribution in [0, 0.1) is 0 Å². The summed E-state index contributed by atoms with van der Waals surface area (Å²) in [6, 6.07) is 3.56. The lowest BCUT2D eigenvalue weighted by Gasteiger charge is -2.36. The fraction of sp³-hybridized carbons (Fsp3) is 0.600. The highest BCUT2D eigenvalue weighted by Gasteiger charge is 2.33. The molecule has 1 aromatic rings. The lowest BCUT2D eigenvalue weighted by Crippen LogP contribution is -2.54. The van der Waals surface area contributed by atoms with Gasteiger partial charge in [0.1, 0.15) is 0 Å². The van der Waals surface area contributed by atoms with E-state index in [0.29, 0.717) is 4.88 Å². The van der Waals surface area contributed by atoms with E-state index in [1.807, 2.05) is 11.4 Å². The first-order chi connectivity index (χ1) is 10.1. The molecule has 0 saturated heterocycles. The first kappa shape index (κ1) is 16.0. The average molecular weight is 310 g/mol. The van der Waals surface area contributed by atoms with Crippen LogP contribution in [0.2, 0.25) is 0 Å². The standard InChI is InChI=1S/C15H22N2O3S/c1-17(14(20)12-6-5-9-21-12)10-13(19)16-15(11-18)7-3-2-4-8-15/h5-6,9,18H,2-4,7-8,10-11H2,1H3,(H,16,19). The van der Waals surface area contributed by atoms with Crippen LogP contribution in [-0.4, -0.2) is 47.6 Å². The van der Waals surface area contributed by atoms with E-state index in [1.54, 1.807) is 13.1 Å². The summed E-state index contributed by atoms with van der Waals surface area (Å²) < 4.78 is 0. The quantitative estimate of drug-likeness (QED) is 0.868. The molecule has 1 saturated carbocycles. The molecule has 2 amide bonds. The number of thiophene rings is 1. The predicted octanol–water partition coefficient (Wildman–Crippen LogP) is 1.63. The molecule has 1 aromatic heterocycles. The summed E-state index contributed by atoms with van der Waals surface area (Å²) >= 11 is 1.36. The minimum atomic E-state index is -0.498. The van der Waals surface area contributed by atoms with Gasteiger partial charge in [-0.1, -0.05) is 25.3 Å². The first-order valence-electron chi connectivity index (χ1n) is 7.27. The molecule has 2 N–H and O–H groups in total. The van der Waals surface area contributed by atoms with Gasteiger partial charge in [-0.2, -0.15) is 0 Å². The average Bonchev–Trinajstić information content (AvgIpc) is 3.01. The van der Waals surface area contributed by atoms with Crippen molar-refractivity contribution in [3.63, 3.8) is 0 Å². The van der Waals surface area contributed by atoms with E-state index >= 15 is 0 Å². The third-order valence-corrected chi connectivity index (χ3v) is 4.84. The van der Waals surface area contributed by atoms with Gasteiger partial charge in [0.15, 0.2) is 0 Å². The van der Waals surface area contributed by atoms with Crippen molar-refractivity contribution in [2.24, 2.45) is 0 Å². The van der Waals surface area contributed by atoms with Gasteiger partial charge < -0.3 is 15.3 Å². The van der Waals surface area contributed by atoms with Crippen molar-refractivity contribution in [1.82, 2.24) is 10.2 Å². The van der Waals surface area contributed by atoms with E-state index in [1.165, 1.54) is 16.2 Å². The van der Waals surface area contributed by atoms with Crippen molar-refractivity contribution in [2.45, 2.75) is 37.6 Å². The number of amides is 2. The van der Waals surface area contributed by atoms with E-state index in [2.05, 4.69) is 5.32 Å². The Kier molecular flexibility index (Phi) is 5.36. The zero-order chi connectivity index (χ0) is 15.3. The Morgan fingerprint density at radius 3 is 2.67 bits per heavy atom. The maximum Gasteiger partial charge on any atom is 0.264 e. The Morgan fingerprint density at radius 2 is 2.10 bits per heavy atom. The summed E-state index contributed by atoms with van der Waals surface area (Å²) in [4.78, 5) is 26.3. The summed E-state index contributed by atoms with van der Waals surface area (Å²) in [6.07, 6.45) is 4.79. The van der Waals surface area contributed by atoms with Gasteiger partial charge >= 0.3 is 0 Å². The van der Waals surface area contributed by atoms with Crippen LogP contribution in [0.15, 0.2) is 17.5 Å². The van der Waals surface area contributed by atoms with Crippen LogP contribution in [0.4, 0.5) is 0 Å². The molecule has 1 heterocycles. The fourth-order valence-corrected chi connectivity index (χ4v) is 3.48. The van der Waals surface area contributed by atoms with E-state index in [0.717, 1.165) is 32.1 Å². The number of hydrogen-bond acceptors (Lipinski definition) is 4. The first-order valence-corrected chi connectivity index (χ1v) is 8.15. The highest BCUT2D eigenvalue weighted by molar-refractivity contribution is 7.12. The molecule has 1 fully saturated rings. The summed E-state index contributed by atoms with van der Waals surface area (Å²) in [7, 11) is 1.62. The molecule has 0 aromatic carbocycles. The van der Waals surface area contributed by atoms with Crippen LogP contribution in [-0.2, 0) is 4.79 Å². The molecule has 2 rings (SSSR count). The van der Waals surface area contributed by atoms with E-state index in [9.17, 15) is 14.7 Å². The molecule has 0 radical (unpaired) electrons. The summed E-state index contributed by atoms with van der Waals surface area (Å²) in [5.74, 6) is -0.361. The number of likely N-dealkylation sites (N-methyl/N-ethyl adjacent to an activating group) is 1. The molecule has 21 heavy (non-hydrogen) atoms. The van der Waals surface area contributed by atoms with Gasteiger partial charge in [0, 0.05) is 7.05 Å². The smallest absolute Gasteiger partial charge is 0.264 e. The Labute approximate surface area is 129 Å². The van der Waals surface area contributed by atoms with Crippen LogP contribution in [0.5, 0.6) is 0 Å². The summed E-state index contributed by atoms with van der Waals surface area (Å²) in [6.45, 7) is -0.0280. The van der Waals surface area contributed by atoms with Gasteiger partial charge in [-0.25, -0.2) is 0 Å². The Bertz CT molecular complexity index is 481. The second kappa shape index (κ2) is 7.04. The summed E-state index contributed by atoms with van der Waals surface area (Å²) in [5, 5.41) is 14.4. The van der Waals surface area contributed by atoms with E-state index < -0.39 is 5.54 Å². The lowest BCUT2D eigenvalue weighted by atomic mass is 9.82. The zero-order valence-corrected chi connectivity index (χ0v) is 13.1. The Morgan fingerprint density at radius 1 is 1.38 bits per heavy atom. The molecular formula is C15H22N2O3S. The van der Waals surface area contributed by atoms with Gasteiger partial charge in [-0.3, -0.25) is 9.59 Å². The number of nitrogens with zero attached hydrogens (tertiary/aromatic N) is 1. The molecule has 1 aliphatic rings. The number of aliphatic hydroxyl groups is 1. The van der Waals surface area contributed by atoms with Crippen LogP contribution in [0.25, 0.3) is 0 Å². The number of hydrogen-bond donors (Lipinski definition) is 2. The Hall–Kier alpha value is -1.40.